The van der Waals surface area contributed by atoms with Crippen molar-refractivity contribution in [2.45, 2.75) is 19.4 Å². The second kappa shape index (κ2) is 5.12. The van der Waals surface area contributed by atoms with Crippen LogP contribution in [0.5, 0.6) is 0 Å². The highest BCUT2D eigenvalue weighted by Gasteiger charge is 2.24. The van der Waals surface area contributed by atoms with E-state index in [1.54, 1.807) is 6.20 Å². The molecule has 0 radical (unpaired) electrons. The Morgan fingerprint density at radius 1 is 1.29 bits per heavy atom. The number of nitrogens with one attached hydrogen (secondary N) is 1. The molecule has 2 aromatic heterocycles. The molecule has 0 atom stereocenters. The molecule has 3 heterocycles. The van der Waals surface area contributed by atoms with Crippen molar-refractivity contribution < 1.29 is 5.11 Å². The molecular weight excluding hydrogens is 270 g/mol. The van der Waals surface area contributed by atoms with E-state index in [9.17, 15) is 5.11 Å². The van der Waals surface area contributed by atoms with Gasteiger partial charge in [-0.15, -0.1) is 0 Å². The zero-order valence-electron chi connectivity index (χ0n) is 12.4. The maximum Gasteiger partial charge on any atom is 0.224 e. The van der Waals surface area contributed by atoms with Crippen LogP contribution < -0.4 is 10.6 Å². The number of β-amino-alcohol motifs (C(OH)–C–C–N with tert-alkyl or cyclic N) is 1. The number of H-pyrrole nitrogens is 1. The highest BCUT2D eigenvalue weighted by atomic mass is 16.3. The van der Waals surface area contributed by atoms with Gasteiger partial charge in [-0.3, -0.25) is 10.00 Å². The SMILES string of the molecule is CC(C)(O)CN1CCN(c2nc(N)nc3[nH]ncc23)CC1. The lowest BCUT2D eigenvalue weighted by Gasteiger charge is -2.37. The summed E-state index contributed by atoms with van der Waals surface area (Å²) in [5.74, 6) is 1.08. The first kappa shape index (κ1) is 14.0. The lowest BCUT2D eigenvalue weighted by molar-refractivity contribution is 0.0345. The monoisotopic (exact) mass is 291 g/mol. The van der Waals surface area contributed by atoms with Crippen LogP contribution in [0.4, 0.5) is 11.8 Å². The molecule has 0 bridgehead atoms. The number of nitrogens with zero attached hydrogens (tertiary/aromatic N) is 5. The fourth-order valence-electron chi connectivity index (χ4n) is 2.74. The molecule has 4 N–H and O–H groups in total. The fraction of sp³-hybridized carbons (Fsp3) is 0.615. The quantitative estimate of drug-likeness (QED) is 0.720. The van der Waals surface area contributed by atoms with Gasteiger partial charge in [-0.2, -0.15) is 15.1 Å². The normalized spacial score (nSPS) is 17.6. The van der Waals surface area contributed by atoms with Crippen LogP contribution in [0.2, 0.25) is 0 Å². The number of hydrogen-bond donors (Lipinski definition) is 3. The number of rotatable bonds is 3. The standard InChI is InChI=1S/C13H21N7O/c1-13(2,21)8-19-3-5-20(6-4-19)11-9-7-15-18-10(9)16-12(14)17-11/h7,21H,3-6,8H2,1-2H3,(H3,14,15,16,17,18). The first-order chi connectivity index (χ1) is 9.92. The van der Waals surface area contributed by atoms with Gasteiger partial charge in [0.15, 0.2) is 5.65 Å². The minimum Gasteiger partial charge on any atom is -0.389 e. The van der Waals surface area contributed by atoms with Crippen molar-refractivity contribution >= 4 is 22.8 Å². The van der Waals surface area contributed by atoms with Crippen molar-refractivity contribution in [2.24, 2.45) is 0 Å². The summed E-state index contributed by atoms with van der Waals surface area (Å²) >= 11 is 0. The lowest BCUT2D eigenvalue weighted by atomic mass is 10.1. The Balaban J connectivity index is 1.75. The van der Waals surface area contributed by atoms with Crippen molar-refractivity contribution in [2.75, 3.05) is 43.4 Å². The molecular formula is C13H21N7O. The largest absolute Gasteiger partial charge is 0.389 e. The summed E-state index contributed by atoms with van der Waals surface area (Å²) in [6.45, 7) is 7.78. The van der Waals surface area contributed by atoms with Crippen LogP contribution in [0.3, 0.4) is 0 Å². The first-order valence-corrected chi connectivity index (χ1v) is 7.09. The zero-order valence-corrected chi connectivity index (χ0v) is 12.4. The van der Waals surface area contributed by atoms with Gasteiger partial charge in [0.05, 0.1) is 17.2 Å². The van der Waals surface area contributed by atoms with Gasteiger partial charge in [0, 0.05) is 32.7 Å². The summed E-state index contributed by atoms with van der Waals surface area (Å²) in [7, 11) is 0. The second-order valence-electron chi connectivity index (χ2n) is 6.11. The van der Waals surface area contributed by atoms with Gasteiger partial charge in [-0.05, 0) is 13.8 Å². The smallest absolute Gasteiger partial charge is 0.224 e. The number of piperazine rings is 1. The topological polar surface area (TPSA) is 107 Å². The Labute approximate surface area is 123 Å². The molecule has 21 heavy (non-hydrogen) atoms. The van der Waals surface area contributed by atoms with Crippen LogP contribution in [0, 0.1) is 0 Å². The van der Waals surface area contributed by atoms with Gasteiger partial charge in [0.1, 0.15) is 5.82 Å². The van der Waals surface area contributed by atoms with Crippen molar-refractivity contribution in [3.05, 3.63) is 6.20 Å². The fourth-order valence-corrected chi connectivity index (χ4v) is 2.74. The third-order valence-corrected chi connectivity index (χ3v) is 3.59. The van der Waals surface area contributed by atoms with E-state index in [4.69, 9.17) is 5.73 Å². The Bertz CT molecular complexity index is 625. The minimum atomic E-state index is -0.667. The van der Waals surface area contributed by atoms with Crippen molar-refractivity contribution in [3.63, 3.8) is 0 Å². The van der Waals surface area contributed by atoms with E-state index >= 15 is 0 Å². The Morgan fingerprint density at radius 2 is 2.00 bits per heavy atom. The van der Waals surface area contributed by atoms with E-state index in [-0.39, 0.29) is 5.95 Å². The molecule has 0 unspecified atom stereocenters. The number of hydrogen-bond acceptors (Lipinski definition) is 7. The molecule has 1 aliphatic rings. The number of nitrogens with two attached hydrogens (primary N) is 1. The van der Waals surface area contributed by atoms with Gasteiger partial charge >= 0.3 is 0 Å². The molecule has 0 amide bonds. The average Bonchev–Trinajstić information content (AvgIpc) is 2.85. The first-order valence-electron chi connectivity index (χ1n) is 7.09. The highest BCUT2D eigenvalue weighted by Crippen LogP contribution is 2.24. The van der Waals surface area contributed by atoms with Crippen molar-refractivity contribution in [1.82, 2.24) is 25.1 Å². The van der Waals surface area contributed by atoms with Crippen molar-refractivity contribution in [3.8, 4) is 0 Å². The predicted molar refractivity (Wildman–Crippen MR) is 81.0 cm³/mol. The molecule has 8 nitrogen and oxygen atoms in total. The van der Waals surface area contributed by atoms with Crippen LogP contribution in [0.25, 0.3) is 11.0 Å². The molecule has 0 aromatic carbocycles. The highest BCUT2D eigenvalue weighted by molar-refractivity contribution is 5.87. The summed E-state index contributed by atoms with van der Waals surface area (Å²) in [6.07, 6.45) is 1.73. The molecule has 3 rings (SSSR count). The second-order valence-corrected chi connectivity index (χ2v) is 6.11. The molecule has 0 saturated carbocycles. The van der Waals surface area contributed by atoms with E-state index in [2.05, 4.69) is 30.0 Å². The van der Waals surface area contributed by atoms with Crippen LogP contribution in [-0.4, -0.2) is 68.5 Å². The van der Waals surface area contributed by atoms with Crippen LogP contribution in [0.1, 0.15) is 13.8 Å². The number of anilines is 2. The molecule has 1 saturated heterocycles. The van der Waals surface area contributed by atoms with Crippen LogP contribution >= 0.6 is 0 Å². The molecule has 1 aliphatic heterocycles. The number of aromatic nitrogens is 4. The third kappa shape index (κ3) is 3.06. The van der Waals surface area contributed by atoms with E-state index in [1.165, 1.54) is 0 Å². The molecule has 1 fully saturated rings. The van der Waals surface area contributed by atoms with Gasteiger partial charge in [-0.25, -0.2) is 0 Å². The van der Waals surface area contributed by atoms with E-state index in [0.29, 0.717) is 12.2 Å². The van der Waals surface area contributed by atoms with Crippen LogP contribution in [0.15, 0.2) is 6.20 Å². The Morgan fingerprint density at radius 3 is 2.67 bits per heavy atom. The summed E-state index contributed by atoms with van der Waals surface area (Å²) in [4.78, 5) is 12.9. The van der Waals surface area contributed by atoms with Gasteiger partial charge in [0.25, 0.3) is 0 Å². The van der Waals surface area contributed by atoms with Crippen LogP contribution in [-0.2, 0) is 0 Å². The zero-order chi connectivity index (χ0) is 15.0. The maximum atomic E-state index is 9.90. The third-order valence-electron chi connectivity index (χ3n) is 3.59. The number of fused-ring (bicyclic) bond motifs is 1. The van der Waals surface area contributed by atoms with Gasteiger partial charge in [0.2, 0.25) is 5.95 Å². The Hall–Kier alpha value is -1.93. The number of aromatic amines is 1. The van der Waals surface area contributed by atoms with Gasteiger partial charge in [-0.1, -0.05) is 0 Å². The molecule has 2 aromatic rings. The molecule has 8 heteroatoms. The summed E-state index contributed by atoms with van der Waals surface area (Å²) in [6, 6.07) is 0. The van der Waals surface area contributed by atoms with E-state index in [0.717, 1.165) is 37.4 Å². The van der Waals surface area contributed by atoms with Crippen molar-refractivity contribution in [1.29, 1.82) is 0 Å². The van der Waals surface area contributed by atoms with Gasteiger partial charge < -0.3 is 15.7 Å². The number of nitrogen functional groups attached to an aromatic ring is 1. The van der Waals surface area contributed by atoms with E-state index < -0.39 is 5.60 Å². The Kier molecular flexibility index (Phi) is 3.42. The molecule has 0 spiro atoms. The average molecular weight is 291 g/mol. The predicted octanol–water partition coefficient (Wildman–Crippen LogP) is -0.172. The number of aliphatic hydroxyl groups is 1. The summed E-state index contributed by atoms with van der Waals surface area (Å²) in [5, 5.41) is 17.6. The minimum absolute atomic E-state index is 0.251. The summed E-state index contributed by atoms with van der Waals surface area (Å²) < 4.78 is 0. The van der Waals surface area contributed by atoms with E-state index in [1.807, 2.05) is 13.8 Å². The maximum absolute atomic E-state index is 9.90. The molecule has 114 valence electrons. The lowest BCUT2D eigenvalue weighted by Crippen LogP contribution is -2.50. The summed E-state index contributed by atoms with van der Waals surface area (Å²) in [5.41, 5.74) is 5.76. The molecule has 0 aliphatic carbocycles.